The first-order valence-electron chi connectivity index (χ1n) is 11.1. The Bertz CT molecular complexity index is 1190. The first kappa shape index (κ1) is 26.0. The molecule has 0 bridgehead atoms. The minimum Gasteiger partial charge on any atom is -0.497 e. The summed E-state index contributed by atoms with van der Waals surface area (Å²) in [7, 11) is 3.15. The summed E-state index contributed by atoms with van der Waals surface area (Å²) in [5, 5.41) is 18.9. The second-order valence-electron chi connectivity index (χ2n) is 7.14. The van der Waals surface area contributed by atoms with Gasteiger partial charge in [0.15, 0.2) is 22.5 Å². The molecule has 1 N–H and O–H groups in total. The second-order valence-corrected chi connectivity index (χ2v) is 8.15. The number of carbonyl (C=O) groups is 1. The van der Waals surface area contributed by atoms with Crippen molar-refractivity contribution in [2.75, 3.05) is 27.4 Å². The van der Waals surface area contributed by atoms with E-state index < -0.39 is 5.97 Å². The molecule has 1 aromatic heterocycles. The third-order valence-corrected chi connectivity index (χ3v) is 5.92. The number of rotatable bonds is 12. The Kier molecular flexibility index (Phi) is 9.02. The van der Waals surface area contributed by atoms with Crippen molar-refractivity contribution in [2.45, 2.75) is 32.5 Å². The Morgan fingerprint density at radius 2 is 1.63 bits per heavy atom. The van der Waals surface area contributed by atoms with Crippen LogP contribution >= 0.6 is 11.8 Å². The van der Waals surface area contributed by atoms with Crippen LogP contribution < -0.4 is 18.9 Å². The molecule has 0 amide bonds. The van der Waals surface area contributed by atoms with Crippen molar-refractivity contribution in [2.24, 2.45) is 0 Å². The molecule has 0 saturated carbocycles. The lowest BCUT2D eigenvalue weighted by Gasteiger charge is -2.12. The van der Waals surface area contributed by atoms with E-state index in [1.54, 1.807) is 44.6 Å². The lowest BCUT2D eigenvalue weighted by molar-refractivity contribution is -0.131. The molecule has 186 valence electrons. The minimum absolute atomic E-state index is 0.0912. The largest absolute Gasteiger partial charge is 0.497 e. The molecule has 1 heterocycles. The van der Waals surface area contributed by atoms with Gasteiger partial charge >= 0.3 is 5.97 Å². The van der Waals surface area contributed by atoms with Gasteiger partial charge in [0.05, 0.1) is 27.4 Å². The van der Waals surface area contributed by atoms with Crippen LogP contribution in [0.5, 0.6) is 23.0 Å². The van der Waals surface area contributed by atoms with E-state index in [1.807, 2.05) is 37.5 Å². The predicted molar refractivity (Wildman–Crippen MR) is 134 cm³/mol. The van der Waals surface area contributed by atoms with Crippen molar-refractivity contribution in [3.8, 4) is 34.4 Å². The maximum absolute atomic E-state index is 12.1. The summed E-state index contributed by atoms with van der Waals surface area (Å²) in [6.45, 7) is 7.21. The summed E-state index contributed by atoms with van der Waals surface area (Å²) >= 11 is 1.03. The van der Waals surface area contributed by atoms with E-state index in [0.29, 0.717) is 59.3 Å². The van der Waals surface area contributed by atoms with Crippen LogP contribution in [0.1, 0.15) is 26.3 Å². The number of thioether (sulfide) groups is 1. The molecule has 0 aliphatic heterocycles. The van der Waals surface area contributed by atoms with Crippen LogP contribution in [0.15, 0.2) is 46.5 Å². The highest BCUT2D eigenvalue weighted by molar-refractivity contribution is 8.04. The molecule has 0 aliphatic carbocycles. The van der Waals surface area contributed by atoms with Gasteiger partial charge in [-0.25, -0.2) is 4.79 Å². The zero-order chi connectivity index (χ0) is 25.4. The van der Waals surface area contributed by atoms with Gasteiger partial charge in [-0.3, -0.25) is 0 Å². The molecule has 3 rings (SSSR count). The predicted octanol–water partition coefficient (Wildman–Crippen LogP) is 5.00. The van der Waals surface area contributed by atoms with Gasteiger partial charge < -0.3 is 28.6 Å². The molecule has 0 aliphatic rings. The van der Waals surface area contributed by atoms with Crippen LogP contribution in [0, 0.1) is 0 Å². The first-order chi connectivity index (χ1) is 16.9. The zero-order valence-corrected chi connectivity index (χ0v) is 21.2. The summed E-state index contributed by atoms with van der Waals surface area (Å²) in [6.07, 6.45) is 1.58. The maximum Gasteiger partial charge on any atom is 0.342 e. The van der Waals surface area contributed by atoms with Crippen molar-refractivity contribution in [3.05, 3.63) is 46.9 Å². The molecule has 9 nitrogen and oxygen atoms in total. The Morgan fingerprint density at radius 1 is 0.971 bits per heavy atom. The van der Waals surface area contributed by atoms with Gasteiger partial charge in [0.2, 0.25) is 0 Å². The van der Waals surface area contributed by atoms with Gasteiger partial charge in [0.25, 0.3) is 0 Å². The second kappa shape index (κ2) is 12.2. The van der Waals surface area contributed by atoms with Crippen LogP contribution in [0.2, 0.25) is 0 Å². The Hall–Kier alpha value is -3.66. The van der Waals surface area contributed by atoms with E-state index in [1.165, 1.54) is 0 Å². The van der Waals surface area contributed by atoms with E-state index in [0.717, 1.165) is 17.3 Å². The van der Waals surface area contributed by atoms with Gasteiger partial charge in [-0.15, -0.1) is 10.2 Å². The summed E-state index contributed by atoms with van der Waals surface area (Å²) < 4.78 is 23.8. The number of aromatic nitrogens is 3. The zero-order valence-electron chi connectivity index (χ0n) is 20.4. The Balaban J connectivity index is 1.98. The van der Waals surface area contributed by atoms with Crippen LogP contribution in [-0.4, -0.2) is 53.3 Å². The smallest absolute Gasteiger partial charge is 0.342 e. The monoisotopic (exact) mass is 499 g/mol. The SMILES string of the molecule is CCOc1ccc(/C=C(\Sc2nnc(-c3cc(OC)cc(OC)c3)n2CC)C(=O)O)cc1OCC. The summed E-state index contributed by atoms with van der Waals surface area (Å²) in [6, 6.07) is 10.7. The fourth-order valence-corrected chi connectivity index (χ4v) is 4.23. The maximum atomic E-state index is 12.1. The third-order valence-electron chi connectivity index (χ3n) is 4.92. The Labute approximate surface area is 208 Å². The van der Waals surface area contributed by atoms with Crippen molar-refractivity contribution < 1.29 is 28.8 Å². The molecule has 0 unspecified atom stereocenters. The molecule has 0 radical (unpaired) electrons. The number of methoxy groups -OCH3 is 2. The minimum atomic E-state index is -1.07. The first-order valence-corrected chi connectivity index (χ1v) is 11.9. The summed E-state index contributed by atoms with van der Waals surface area (Å²) in [5.41, 5.74) is 1.42. The van der Waals surface area contributed by atoms with Crippen molar-refractivity contribution in [1.82, 2.24) is 14.8 Å². The average Bonchev–Trinajstić information content (AvgIpc) is 3.27. The number of hydrogen-bond acceptors (Lipinski definition) is 8. The summed E-state index contributed by atoms with van der Waals surface area (Å²) in [5.74, 6) is 1.91. The van der Waals surface area contributed by atoms with Gasteiger partial charge in [0, 0.05) is 18.2 Å². The van der Waals surface area contributed by atoms with E-state index in [-0.39, 0.29) is 4.91 Å². The van der Waals surface area contributed by atoms with E-state index in [2.05, 4.69) is 10.2 Å². The number of carboxylic acid groups (broad SMARTS) is 1. The van der Waals surface area contributed by atoms with E-state index >= 15 is 0 Å². The number of nitrogens with zero attached hydrogens (tertiary/aromatic N) is 3. The Morgan fingerprint density at radius 3 is 2.20 bits per heavy atom. The molecule has 35 heavy (non-hydrogen) atoms. The van der Waals surface area contributed by atoms with E-state index in [4.69, 9.17) is 18.9 Å². The van der Waals surface area contributed by atoms with Gasteiger partial charge in [-0.05, 0) is 68.4 Å². The topological polar surface area (TPSA) is 105 Å². The highest BCUT2D eigenvalue weighted by Gasteiger charge is 2.19. The third kappa shape index (κ3) is 6.27. The fourth-order valence-electron chi connectivity index (χ4n) is 3.34. The highest BCUT2D eigenvalue weighted by atomic mass is 32.2. The fraction of sp³-hybridized carbons (Fsp3) is 0.320. The molecule has 3 aromatic rings. The van der Waals surface area contributed by atoms with Crippen LogP contribution in [0.4, 0.5) is 0 Å². The average molecular weight is 500 g/mol. The number of hydrogen-bond donors (Lipinski definition) is 1. The van der Waals surface area contributed by atoms with E-state index in [9.17, 15) is 9.90 Å². The van der Waals surface area contributed by atoms with Crippen LogP contribution in [-0.2, 0) is 11.3 Å². The molecule has 0 fully saturated rings. The van der Waals surface area contributed by atoms with Gasteiger partial charge in [-0.2, -0.15) is 0 Å². The number of aliphatic carboxylic acids is 1. The molecule has 0 atom stereocenters. The van der Waals surface area contributed by atoms with Crippen molar-refractivity contribution in [1.29, 1.82) is 0 Å². The summed E-state index contributed by atoms with van der Waals surface area (Å²) in [4.78, 5) is 12.2. The quantitative estimate of drug-likeness (QED) is 0.272. The molecule has 10 heteroatoms. The lowest BCUT2D eigenvalue weighted by Crippen LogP contribution is -2.03. The molecular formula is C25H29N3O6S. The molecule has 0 spiro atoms. The van der Waals surface area contributed by atoms with Crippen molar-refractivity contribution >= 4 is 23.8 Å². The standard InChI is InChI=1S/C25H29N3O6S/c1-6-28-23(17-13-18(31-4)15-19(14-17)32-5)26-27-25(28)35-22(24(29)30)12-16-9-10-20(33-7-2)21(11-16)34-8-3/h9-15H,6-8H2,1-5H3,(H,29,30)/b22-12-. The molecule has 2 aromatic carbocycles. The normalized spacial score (nSPS) is 11.3. The lowest BCUT2D eigenvalue weighted by atomic mass is 10.2. The number of carboxylic acids is 1. The molecular weight excluding hydrogens is 470 g/mol. The van der Waals surface area contributed by atoms with Gasteiger partial charge in [0.1, 0.15) is 16.4 Å². The van der Waals surface area contributed by atoms with Gasteiger partial charge in [-0.1, -0.05) is 6.07 Å². The van der Waals surface area contributed by atoms with Crippen LogP contribution in [0.3, 0.4) is 0 Å². The molecule has 0 saturated heterocycles. The number of ether oxygens (including phenoxy) is 4. The highest BCUT2D eigenvalue weighted by Crippen LogP contribution is 2.35. The van der Waals surface area contributed by atoms with Crippen LogP contribution in [0.25, 0.3) is 17.5 Å². The number of benzene rings is 2. The van der Waals surface area contributed by atoms with Crippen molar-refractivity contribution in [3.63, 3.8) is 0 Å².